The molecule has 4 rings (SSSR count). The van der Waals surface area contributed by atoms with Crippen molar-refractivity contribution in [3.63, 3.8) is 0 Å². The number of carboxylic acid groups (broad SMARTS) is 1. The fourth-order valence-corrected chi connectivity index (χ4v) is 4.90. The predicted molar refractivity (Wildman–Crippen MR) is 136 cm³/mol. The van der Waals surface area contributed by atoms with Crippen LogP contribution in [-0.2, 0) is 16.0 Å². The summed E-state index contributed by atoms with van der Waals surface area (Å²) in [5, 5.41) is 9.15. The highest BCUT2D eigenvalue weighted by Gasteiger charge is 2.28. The number of aliphatic carboxylic acids is 1. The van der Waals surface area contributed by atoms with Crippen LogP contribution < -0.4 is 10.5 Å². The first-order chi connectivity index (χ1) is 17.4. The van der Waals surface area contributed by atoms with Crippen molar-refractivity contribution in [1.82, 2.24) is 19.9 Å². The number of carbonyl (C=O) groups is 1. The molecule has 1 saturated carbocycles. The van der Waals surface area contributed by atoms with E-state index in [0.717, 1.165) is 35.5 Å². The number of likely N-dealkylation sites (N-methyl/N-ethyl adjacent to an activating group) is 1. The highest BCUT2D eigenvalue weighted by molar-refractivity contribution is 5.67. The smallest absolute Gasteiger partial charge is 0.316 e. The fraction of sp³-hybridized carbons (Fsp3) is 0.556. The van der Waals surface area contributed by atoms with E-state index < -0.39 is 5.97 Å². The second kappa shape index (κ2) is 11.7. The van der Waals surface area contributed by atoms with Crippen LogP contribution >= 0.6 is 0 Å². The van der Waals surface area contributed by atoms with E-state index in [1.54, 1.807) is 6.20 Å². The lowest BCUT2D eigenvalue weighted by atomic mass is 9.83. The topological polar surface area (TPSA) is 124 Å². The zero-order valence-corrected chi connectivity index (χ0v) is 21.4. The quantitative estimate of drug-likeness (QED) is 0.507. The molecule has 2 aliphatic rings. The maximum absolute atomic E-state index is 11.1. The molecule has 3 heterocycles. The number of nitrogens with two attached hydrogens (primary N) is 1. The molecule has 194 valence electrons. The Morgan fingerprint density at radius 3 is 2.67 bits per heavy atom. The molecule has 0 spiro atoms. The Labute approximate surface area is 212 Å². The van der Waals surface area contributed by atoms with Gasteiger partial charge >= 0.3 is 12.0 Å². The number of hydrogen-bond acceptors (Lipinski definition) is 8. The molecule has 0 radical (unpaired) electrons. The molecule has 2 aromatic heterocycles. The van der Waals surface area contributed by atoms with Gasteiger partial charge in [0.15, 0.2) is 0 Å². The number of hydrogen-bond donors (Lipinski definition) is 2. The molecule has 0 aromatic carbocycles. The summed E-state index contributed by atoms with van der Waals surface area (Å²) in [6, 6.07) is 6.36. The summed E-state index contributed by atoms with van der Waals surface area (Å²) in [5.74, 6) is -0.0995. The van der Waals surface area contributed by atoms with Crippen molar-refractivity contribution in [2.24, 2.45) is 5.73 Å². The number of pyridine rings is 1. The number of nitrogens with zero attached hydrogens (tertiary/aromatic N) is 4. The van der Waals surface area contributed by atoms with Crippen LogP contribution in [0.3, 0.4) is 0 Å². The van der Waals surface area contributed by atoms with E-state index in [-0.39, 0.29) is 25.0 Å². The Kier molecular flexibility index (Phi) is 8.40. The largest absolute Gasteiger partial charge is 0.481 e. The molecule has 0 amide bonds. The standard InChI is InChI=1S/C27H37N5O4/c1-4-21-20(18-11-13-35-19(14-18)15-25(33)34)8-9-23(30-21)26(28)24(32(2)3)16-36-27-29-12-10-22(31-27)17-6-5-7-17/h8-10,12,17-19H,4-7,11,13-16,28H2,1-3H3,(H,33,34)/b26-24-. The van der Waals surface area contributed by atoms with Crippen LogP contribution in [0.2, 0.25) is 0 Å². The molecular weight excluding hydrogens is 458 g/mol. The maximum Gasteiger partial charge on any atom is 0.316 e. The molecule has 2 unspecified atom stereocenters. The van der Waals surface area contributed by atoms with Crippen LogP contribution in [0.15, 0.2) is 30.1 Å². The molecule has 2 aromatic rings. The Bertz CT molecular complexity index is 1100. The van der Waals surface area contributed by atoms with Gasteiger partial charge in [-0.05, 0) is 55.7 Å². The lowest BCUT2D eigenvalue weighted by molar-refractivity contribution is -0.141. The van der Waals surface area contributed by atoms with Gasteiger partial charge in [-0.1, -0.05) is 19.4 Å². The first-order valence-corrected chi connectivity index (χ1v) is 12.8. The van der Waals surface area contributed by atoms with Gasteiger partial charge in [0.2, 0.25) is 0 Å². The molecule has 9 nitrogen and oxygen atoms in total. The van der Waals surface area contributed by atoms with Crippen molar-refractivity contribution in [2.75, 3.05) is 27.3 Å². The lowest BCUT2D eigenvalue weighted by Crippen LogP contribution is -2.27. The minimum absolute atomic E-state index is 0.0264. The summed E-state index contributed by atoms with van der Waals surface area (Å²) in [6.45, 7) is 2.86. The van der Waals surface area contributed by atoms with Crippen molar-refractivity contribution in [2.45, 2.75) is 69.8 Å². The zero-order valence-electron chi connectivity index (χ0n) is 21.4. The van der Waals surface area contributed by atoms with Gasteiger partial charge in [0.1, 0.15) is 6.61 Å². The van der Waals surface area contributed by atoms with E-state index >= 15 is 0 Å². The molecular formula is C27H37N5O4. The summed E-state index contributed by atoms with van der Waals surface area (Å²) in [6.07, 6.45) is 7.39. The van der Waals surface area contributed by atoms with Crippen molar-refractivity contribution in [3.8, 4) is 6.01 Å². The lowest BCUT2D eigenvalue weighted by Gasteiger charge is -2.30. The van der Waals surface area contributed by atoms with Gasteiger partial charge in [-0.3, -0.25) is 9.78 Å². The Hall–Kier alpha value is -3.20. The zero-order chi connectivity index (χ0) is 25.7. The summed E-state index contributed by atoms with van der Waals surface area (Å²) in [4.78, 5) is 26.9. The second-order valence-electron chi connectivity index (χ2n) is 9.83. The van der Waals surface area contributed by atoms with Gasteiger partial charge in [-0.15, -0.1) is 0 Å². The fourth-order valence-electron chi connectivity index (χ4n) is 4.90. The van der Waals surface area contributed by atoms with E-state index in [9.17, 15) is 4.79 Å². The Morgan fingerprint density at radius 1 is 1.19 bits per heavy atom. The second-order valence-corrected chi connectivity index (χ2v) is 9.83. The number of carboxylic acids is 1. The van der Waals surface area contributed by atoms with E-state index in [1.165, 1.54) is 19.3 Å². The highest BCUT2D eigenvalue weighted by Crippen LogP contribution is 2.36. The highest BCUT2D eigenvalue weighted by atomic mass is 16.5. The van der Waals surface area contributed by atoms with E-state index in [4.69, 9.17) is 25.3 Å². The summed E-state index contributed by atoms with van der Waals surface area (Å²) < 4.78 is 11.6. The van der Waals surface area contributed by atoms with E-state index in [2.05, 4.69) is 23.0 Å². The van der Waals surface area contributed by atoms with Crippen LogP contribution in [0, 0.1) is 0 Å². The monoisotopic (exact) mass is 495 g/mol. The van der Waals surface area contributed by atoms with Gasteiger partial charge < -0.3 is 25.2 Å². The molecule has 2 fully saturated rings. The van der Waals surface area contributed by atoms with Crippen LogP contribution in [0.1, 0.15) is 79.9 Å². The van der Waals surface area contributed by atoms with Crippen molar-refractivity contribution in [1.29, 1.82) is 0 Å². The number of rotatable bonds is 10. The molecule has 0 bridgehead atoms. The number of aromatic nitrogens is 3. The summed E-state index contributed by atoms with van der Waals surface area (Å²) >= 11 is 0. The Balaban J connectivity index is 1.52. The van der Waals surface area contributed by atoms with E-state index in [1.807, 2.05) is 31.1 Å². The third kappa shape index (κ3) is 6.13. The van der Waals surface area contributed by atoms with Gasteiger partial charge in [0, 0.05) is 38.5 Å². The molecule has 1 saturated heterocycles. The first kappa shape index (κ1) is 25.9. The van der Waals surface area contributed by atoms with Gasteiger partial charge in [-0.2, -0.15) is 4.98 Å². The molecule has 1 aliphatic heterocycles. The minimum atomic E-state index is -0.832. The molecule has 9 heteroatoms. The van der Waals surface area contributed by atoms with Crippen LogP contribution in [-0.4, -0.2) is 64.3 Å². The van der Waals surface area contributed by atoms with Crippen LogP contribution in [0.4, 0.5) is 0 Å². The average Bonchev–Trinajstić information content (AvgIpc) is 2.82. The third-order valence-electron chi connectivity index (χ3n) is 7.20. The molecule has 3 N–H and O–H groups in total. The first-order valence-electron chi connectivity index (χ1n) is 12.8. The SMILES string of the molecule is CCc1nc(/C(N)=C(\COc2nccc(C3CCC3)n2)N(C)C)ccc1C1CCOC(CC(=O)O)C1. The van der Waals surface area contributed by atoms with E-state index in [0.29, 0.717) is 36.3 Å². The van der Waals surface area contributed by atoms with Gasteiger partial charge in [-0.25, -0.2) is 4.98 Å². The molecule has 1 aliphatic carbocycles. The average molecular weight is 496 g/mol. The third-order valence-corrected chi connectivity index (χ3v) is 7.20. The van der Waals surface area contributed by atoms with Gasteiger partial charge in [0.05, 0.1) is 35.3 Å². The molecule has 2 atom stereocenters. The number of aryl methyl sites for hydroxylation is 1. The van der Waals surface area contributed by atoms with Gasteiger partial charge in [0.25, 0.3) is 0 Å². The van der Waals surface area contributed by atoms with Crippen LogP contribution in [0.5, 0.6) is 6.01 Å². The Morgan fingerprint density at radius 2 is 2.00 bits per heavy atom. The van der Waals surface area contributed by atoms with Crippen LogP contribution in [0.25, 0.3) is 5.70 Å². The van der Waals surface area contributed by atoms with Crippen molar-refractivity contribution < 1.29 is 19.4 Å². The number of ether oxygens (including phenoxy) is 2. The summed E-state index contributed by atoms with van der Waals surface area (Å²) in [5.41, 5.74) is 11.8. The molecule has 36 heavy (non-hydrogen) atoms. The maximum atomic E-state index is 11.1. The van der Waals surface area contributed by atoms with Crippen molar-refractivity contribution >= 4 is 11.7 Å². The minimum Gasteiger partial charge on any atom is -0.481 e. The predicted octanol–water partition coefficient (Wildman–Crippen LogP) is 3.71. The normalized spacial score (nSPS) is 20.9. The summed E-state index contributed by atoms with van der Waals surface area (Å²) in [7, 11) is 3.85. The van der Waals surface area contributed by atoms with Crippen molar-refractivity contribution in [3.05, 3.63) is 52.7 Å².